The number of thiophene rings is 1. The molecule has 3 aromatic heterocycles. The molecule has 0 unspecified atom stereocenters. The summed E-state index contributed by atoms with van der Waals surface area (Å²) in [6.45, 7) is 0. The molecular weight excluding hydrogens is 408 g/mol. The standard InChI is InChI=1S/C16H13ClN6O2S2/c1-23(27(2,24)25)13-10(4-3-9-12(13)19-7-6-18-9)20-15-14-11(5-8-26-14)21-16(17)22-15/h3-8H,1-2H3,(H,20,21,22). The van der Waals surface area contributed by atoms with E-state index in [-0.39, 0.29) is 5.28 Å². The van der Waals surface area contributed by atoms with E-state index in [4.69, 9.17) is 11.6 Å². The second-order valence-electron chi connectivity index (χ2n) is 5.72. The zero-order valence-electron chi connectivity index (χ0n) is 14.2. The minimum Gasteiger partial charge on any atom is -0.337 e. The van der Waals surface area contributed by atoms with Crippen molar-refractivity contribution in [3.63, 3.8) is 0 Å². The summed E-state index contributed by atoms with van der Waals surface area (Å²) in [5.74, 6) is 0.492. The number of sulfonamides is 1. The van der Waals surface area contributed by atoms with Gasteiger partial charge in [-0.15, -0.1) is 11.3 Å². The number of hydrogen-bond donors (Lipinski definition) is 1. The molecule has 4 rings (SSSR count). The normalized spacial score (nSPS) is 11.8. The summed E-state index contributed by atoms with van der Waals surface area (Å²) in [5, 5.41) is 5.17. The van der Waals surface area contributed by atoms with Crippen LogP contribution in [0.2, 0.25) is 5.28 Å². The number of fused-ring (bicyclic) bond motifs is 2. The number of anilines is 3. The Labute approximate surface area is 163 Å². The Balaban J connectivity index is 1.95. The Morgan fingerprint density at radius 2 is 1.89 bits per heavy atom. The fraction of sp³-hybridized carbons (Fsp3) is 0.125. The molecule has 0 bridgehead atoms. The summed E-state index contributed by atoms with van der Waals surface area (Å²) in [4.78, 5) is 17.0. The van der Waals surface area contributed by atoms with Gasteiger partial charge in [0, 0.05) is 19.4 Å². The highest BCUT2D eigenvalue weighted by molar-refractivity contribution is 7.92. The molecule has 8 nitrogen and oxygen atoms in total. The van der Waals surface area contributed by atoms with Gasteiger partial charge in [-0.2, -0.15) is 4.98 Å². The Kier molecular flexibility index (Phi) is 4.33. The van der Waals surface area contributed by atoms with Crippen LogP contribution in [-0.4, -0.2) is 41.7 Å². The average molecular weight is 421 g/mol. The van der Waals surface area contributed by atoms with Crippen LogP contribution in [-0.2, 0) is 10.0 Å². The van der Waals surface area contributed by atoms with Crippen LogP contribution >= 0.6 is 22.9 Å². The molecule has 27 heavy (non-hydrogen) atoms. The minimum atomic E-state index is -3.53. The summed E-state index contributed by atoms with van der Waals surface area (Å²) >= 11 is 7.49. The van der Waals surface area contributed by atoms with Crippen molar-refractivity contribution < 1.29 is 8.42 Å². The molecule has 4 aromatic rings. The summed E-state index contributed by atoms with van der Waals surface area (Å²) in [6, 6.07) is 5.34. The van der Waals surface area contributed by atoms with Crippen LogP contribution in [0.4, 0.5) is 17.2 Å². The zero-order chi connectivity index (χ0) is 19.2. The van der Waals surface area contributed by atoms with Crippen molar-refractivity contribution in [1.82, 2.24) is 19.9 Å². The third-order valence-corrected chi connectivity index (χ3v) is 6.21. The van der Waals surface area contributed by atoms with Gasteiger partial charge in [-0.25, -0.2) is 13.4 Å². The van der Waals surface area contributed by atoms with Crippen molar-refractivity contribution in [2.24, 2.45) is 0 Å². The van der Waals surface area contributed by atoms with Crippen molar-refractivity contribution in [2.45, 2.75) is 0 Å². The quantitative estimate of drug-likeness (QED) is 0.504. The van der Waals surface area contributed by atoms with Crippen LogP contribution in [0.1, 0.15) is 0 Å². The first-order valence-corrected chi connectivity index (χ1v) is 10.8. The summed E-state index contributed by atoms with van der Waals surface area (Å²) < 4.78 is 26.4. The summed E-state index contributed by atoms with van der Waals surface area (Å²) in [6.07, 6.45) is 4.20. The molecule has 0 saturated heterocycles. The van der Waals surface area contributed by atoms with Crippen molar-refractivity contribution in [3.8, 4) is 0 Å². The maximum atomic E-state index is 12.2. The maximum absolute atomic E-state index is 12.2. The average Bonchev–Trinajstić information content (AvgIpc) is 3.08. The molecule has 0 amide bonds. The zero-order valence-corrected chi connectivity index (χ0v) is 16.6. The van der Waals surface area contributed by atoms with Gasteiger partial charge in [0.05, 0.1) is 27.7 Å². The van der Waals surface area contributed by atoms with Crippen molar-refractivity contribution in [3.05, 3.63) is 41.3 Å². The third kappa shape index (κ3) is 3.27. The largest absolute Gasteiger partial charge is 0.337 e. The first-order chi connectivity index (χ1) is 12.8. The van der Waals surface area contributed by atoms with Crippen LogP contribution in [0.15, 0.2) is 36.0 Å². The lowest BCUT2D eigenvalue weighted by Gasteiger charge is -2.22. The Morgan fingerprint density at radius 3 is 2.67 bits per heavy atom. The number of hydrogen-bond acceptors (Lipinski definition) is 8. The van der Waals surface area contributed by atoms with E-state index in [9.17, 15) is 8.42 Å². The molecule has 138 valence electrons. The summed E-state index contributed by atoms with van der Waals surface area (Å²) in [7, 11) is -2.06. The molecule has 0 radical (unpaired) electrons. The molecule has 0 aliphatic carbocycles. The fourth-order valence-electron chi connectivity index (χ4n) is 2.65. The number of aromatic nitrogens is 4. The van der Waals surface area contributed by atoms with E-state index in [1.165, 1.54) is 28.9 Å². The second-order valence-corrected chi connectivity index (χ2v) is 8.99. The molecule has 11 heteroatoms. The van der Waals surface area contributed by atoms with Crippen LogP contribution in [0, 0.1) is 0 Å². The Hall–Kier alpha value is -2.56. The lowest BCUT2D eigenvalue weighted by atomic mass is 10.2. The Bertz CT molecular complexity index is 1270. The molecule has 0 saturated carbocycles. The number of halogens is 1. The smallest absolute Gasteiger partial charge is 0.232 e. The molecule has 0 aliphatic rings. The van der Waals surface area contributed by atoms with Crippen molar-refractivity contribution in [1.29, 1.82) is 0 Å². The van der Waals surface area contributed by atoms with Crippen LogP contribution in [0.25, 0.3) is 21.3 Å². The molecule has 0 spiro atoms. The SMILES string of the molecule is CN(c1c(Nc2nc(Cl)nc3ccsc23)ccc2nccnc12)S(C)(=O)=O. The van der Waals surface area contributed by atoms with Gasteiger partial charge in [0.2, 0.25) is 15.3 Å². The van der Waals surface area contributed by atoms with Gasteiger partial charge in [-0.05, 0) is 35.2 Å². The first kappa shape index (κ1) is 17.8. The maximum Gasteiger partial charge on any atom is 0.232 e. The van der Waals surface area contributed by atoms with Crippen LogP contribution in [0.5, 0.6) is 0 Å². The molecular formula is C16H13ClN6O2S2. The van der Waals surface area contributed by atoms with Crippen molar-refractivity contribution >= 4 is 71.4 Å². The highest BCUT2D eigenvalue weighted by Gasteiger charge is 2.21. The second kappa shape index (κ2) is 6.55. The first-order valence-electron chi connectivity index (χ1n) is 7.70. The van der Waals surface area contributed by atoms with Gasteiger partial charge in [-0.3, -0.25) is 14.3 Å². The van der Waals surface area contributed by atoms with E-state index < -0.39 is 10.0 Å². The lowest BCUT2D eigenvalue weighted by molar-refractivity contribution is 0.600. The molecule has 1 aromatic carbocycles. The van der Waals surface area contributed by atoms with Crippen LogP contribution < -0.4 is 9.62 Å². The van der Waals surface area contributed by atoms with Gasteiger partial charge in [0.25, 0.3) is 0 Å². The summed E-state index contributed by atoms with van der Waals surface area (Å²) in [5.41, 5.74) is 2.64. The molecule has 1 N–H and O–H groups in total. The monoisotopic (exact) mass is 420 g/mol. The molecule has 3 heterocycles. The predicted molar refractivity (Wildman–Crippen MR) is 108 cm³/mol. The highest BCUT2D eigenvalue weighted by atomic mass is 35.5. The highest BCUT2D eigenvalue weighted by Crippen LogP contribution is 2.37. The minimum absolute atomic E-state index is 0.0991. The van der Waals surface area contributed by atoms with Gasteiger partial charge in [0.1, 0.15) is 11.2 Å². The van der Waals surface area contributed by atoms with E-state index in [1.807, 2.05) is 11.4 Å². The van der Waals surface area contributed by atoms with Gasteiger partial charge in [0.15, 0.2) is 5.82 Å². The van der Waals surface area contributed by atoms with Crippen molar-refractivity contribution in [2.75, 3.05) is 22.9 Å². The third-order valence-electron chi connectivity index (χ3n) is 3.96. The number of nitrogens with one attached hydrogen (secondary N) is 1. The predicted octanol–water partition coefficient (Wildman–Crippen LogP) is 3.43. The van der Waals surface area contributed by atoms with E-state index in [0.717, 1.165) is 11.0 Å². The lowest BCUT2D eigenvalue weighted by Crippen LogP contribution is -2.26. The van der Waals surface area contributed by atoms with E-state index in [1.54, 1.807) is 18.3 Å². The van der Waals surface area contributed by atoms with E-state index >= 15 is 0 Å². The number of benzene rings is 1. The fourth-order valence-corrected chi connectivity index (χ4v) is 4.12. The molecule has 0 aliphatic heterocycles. The molecule has 0 atom stereocenters. The topological polar surface area (TPSA) is 101 Å². The van der Waals surface area contributed by atoms with Gasteiger partial charge < -0.3 is 5.32 Å². The van der Waals surface area contributed by atoms with Gasteiger partial charge in [-0.1, -0.05) is 0 Å². The van der Waals surface area contributed by atoms with E-state index in [2.05, 4.69) is 25.3 Å². The van der Waals surface area contributed by atoms with Gasteiger partial charge >= 0.3 is 0 Å². The molecule has 0 fully saturated rings. The number of nitrogens with zero attached hydrogens (tertiary/aromatic N) is 5. The number of rotatable bonds is 4. The van der Waals surface area contributed by atoms with Crippen LogP contribution in [0.3, 0.4) is 0 Å². The Morgan fingerprint density at radius 1 is 1.11 bits per heavy atom. The van der Waals surface area contributed by atoms with E-state index in [0.29, 0.717) is 33.7 Å².